The Hall–Kier alpha value is -3.18. The molecule has 0 aliphatic rings. The standard InChI is InChI=1S/C21H15NO3S/c23-20-17-8-4-3-7-16(17)19(12-18(20)21(24)25)26-22-15-10-9-13-5-1-2-6-14(13)11-15/h1-12,22-23H,(H,24,25). The van der Waals surface area contributed by atoms with Crippen LogP contribution < -0.4 is 4.72 Å². The predicted octanol–water partition coefficient (Wildman–Crippen LogP) is 5.52. The van der Waals surface area contributed by atoms with Crippen LogP contribution in [-0.2, 0) is 0 Å². The molecule has 0 aromatic heterocycles. The van der Waals surface area contributed by atoms with Gasteiger partial charge in [0.2, 0.25) is 0 Å². The Kier molecular flexibility index (Phi) is 4.14. The van der Waals surface area contributed by atoms with Gasteiger partial charge in [-0.05, 0) is 40.9 Å². The molecule has 0 spiro atoms. The van der Waals surface area contributed by atoms with Crippen LogP contribution in [0.1, 0.15) is 10.4 Å². The van der Waals surface area contributed by atoms with Gasteiger partial charge in [0.25, 0.3) is 0 Å². The number of anilines is 1. The van der Waals surface area contributed by atoms with Crippen molar-refractivity contribution < 1.29 is 15.0 Å². The van der Waals surface area contributed by atoms with Crippen molar-refractivity contribution in [1.82, 2.24) is 0 Å². The van der Waals surface area contributed by atoms with Gasteiger partial charge in [-0.1, -0.05) is 54.6 Å². The minimum absolute atomic E-state index is 0.105. The van der Waals surface area contributed by atoms with Crippen LogP contribution in [0.25, 0.3) is 21.5 Å². The number of aromatic hydroxyl groups is 1. The summed E-state index contributed by atoms with van der Waals surface area (Å²) < 4.78 is 3.27. The molecule has 0 saturated carbocycles. The van der Waals surface area contributed by atoms with E-state index in [4.69, 9.17) is 0 Å². The minimum Gasteiger partial charge on any atom is -0.506 e. The Morgan fingerprint density at radius 1 is 0.846 bits per heavy atom. The number of hydrogen-bond donors (Lipinski definition) is 3. The Balaban J connectivity index is 1.72. The summed E-state index contributed by atoms with van der Waals surface area (Å²) in [4.78, 5) is 12.2. The third kappa shape index (κ3) is 2.93. The van der Waals surface area contributed by atoms with Crippen molar-refractivity contribution in [2.45, 2.75) is 4.90 Å². The quantitative estimate of drug-likeness (QED) is 0.418. The predicted molar refractivity (Wildman–Crippen MR) is 106 cm³/mol. The maximum Gasteiger partial charge on any atom is 0.339 e. The van der Waals surface area contributed by atoms with E-state index in [9.17, 15) is 15.0 Å². The van der Waals surface area contributed by atoms with E-state index in [0.717, 1.165) is 26.7 Å². The van der Waals surface area contributed by atoms with Crippen molar-refractivity contribution >= 4 is 45.1 Å². The molecule has 3 N–H and O–H groups in total. The van der Waals surface area contributed by atoms with Crippen LogP contribution in [0.3, 0.4) is 0 Å². The Morgan fingerprint density at radius 3 is 2.31 bits per heavy atom. The molecule has 0 bridgehead atoms. The molecule has 0 atom stereocenters. The first-order chi connectivity index (χ1) is 12.6. The summed E-state index contributed by atoms with van der Waals surface area (Å²) in [5.41, 5.74) is 0.814. The van der Waals surface area contributed by atoms with Gasteiger partial charge in [-0.2, -0.15) is 0 Å². The third-order valence-electron chi connectivity index (χ3n) is 4.24. The van der Waals surface area contributed by atoms with Crippen molar-refractivity contribution in [3.05, 3.63) is 78.4 Å². The second-order valence-corrected chi connectivity index (χ2v) is 6.74. The maximum atomic E-state index is 11.4. The van der Waals surface area contributed by atoms with Crippen LogP contribution in [0, 0.1) is 0 Å². The molecular formula is C21H15NO3S. The van der Waals surface area contributed by atoms with Gasteiger partial charge in [-0.15, -0.1) is 0 Å². The lowest BCUT2D eigenvalue weighted by molar-refractivity contribution is 0.0694. The normalized spacial score (nSPS) is 10.9. The molecule has 128 valence electrons. The molecule has 0 radical (unpaired) electrons. The molecule has 26 heavy (non-hydrogen) atoms. The Labute approximate surface area is 154 Å². The van der Waals surface area contributed by atoms with Crippen molar-refractivity contribution in [3.63, 3.8) is 0 Å². The number of carboxylic acid groups (broad SMARTS) is 1. The van der Waals surface area contributed by atoms with Crippen molar-refractivity contribution in [2.75, 3.05) is 4.72 Å². The number of hydrogen-bond acceptors (Lipinski definition) is 4. The number of nitrogens with one attached hydrogen (secondary N) is 1. The Morgan fingerprint density at radius 2 is 1.54 bits per heavy atom. The molecule has 0 aliphatic heterocycles. The van der Waals surface area contributed by atoms with Gasteiger partial charge in [0.05, 0.1) is 0 Å². The smallest absolute Gasteiger partial charge is 0.339 e. The van der Waals surface area contributed by atoms with Gasteiger partial charge in [0.1, 0.15) is 11.3 Å². The Bertz CT molecular complexity index is 1140. The number of aromatic carboxylic acids is 1. The van der Waals surface area contributed by atoms with Crippen LogP contribution in [0.4, 0.5) is 5.69 Å². The lowest BCUT2D eigenvalue weighted by Crippen LogP contribution is -1.99. The topological polar surface area (TPSA) is 69.6 Å². The van der Waals surface area contributed by atoms with Crippen LogP contribution in [0.2, 0.25) is 0 Å². The zero-order valence-corrected chi connectivity index (χ0v) is 14.5. The van der Waals surface area contributed by atoms with Gasteiger partial charge in [-0.3, -0.25) is 0 Å². The van der Waals surface area contributed by atoms with Crippen LogP contribution in [0.5, 0.6) is 5.75 Å². The molecule has 0 saturated heterocycles. The molecule has 4 rings (SSSR count). The van der Waals surface area contributed by atoms with E-state index in [1.54, 1.807) is 12.1 Å². The van der Waals surface area contributed by atoms with Crippen molar-refractivity contribution in [3.8, 4) is 5.75 Å². The average molecular weight is 361 g/mol. The van der Waals surface area contributed by atoms with E-state index in [1.807, 2.05) is 48.5 Å². The number of rotatable bonds is 4. The fourth-order valence-electron chi connectivity index (χ4n) is 2.94. The molecule has 5 heteroatoms. The fraction of sp³-hybridized carbons (Fsp3) is 0. The van der Waals surface area contributed by atoms with E-state index < -0.39 is 5.97 Å². The third-order valence-corrected chi connectivity index (χ3v) is 5.13. The molecule has 4 aromatic carbocycles. The molecule has 4 aromatic rings. The summed E-state index contributed by atoms with van der Waals surface area (Å²) in [5.74, 6) is -1.36. The average Bonchev–Trinajstić information content (AvgIpc) is 2.67. The first-order valence-electron chi connectivity index (χ1n) is 8.03. The van der Waals surface area contributed by atoms with Crippen molar-refractivity contribution in [1.29, 1.82) is 0 Å². The SMILES string of the molecule is O=C(O)c1cc(SNc2ccc3ccccc3c2)c2ccccc2c1O. The first kappa shape index (κ1) is 16.3. The minimum atomic E-state index is -1.15. The van der Waals surface area contributed by atoms with Crippen molar-refractivity contribution in [2.24, 2.45) is 0 Å². The first-order valence-corrected chi connectivity index (χ1v) is 8.85. The van der Waals surface area contributed by atoms with Gasteiger partial charge in [0.15, 0.2) is 0 Å². The van der Waals surface area contributed by atoms with E-state index in [1.165, 1.54) is 18.0 Å². The van der Waals surface area contributed by atoms with E-state index in [0.29, 0.717) is 5.39 Å². The largest absolute Gasteiger partial charge is 0.506 e. The number of carbonyl (C=O) groups is 1. The summed E-state index contributed by atoms with van der Waals surface area (Å²) in [6.07, 6.45) is 0. The molecule has 0 amide bonds. The lowest BCUT2D eigenvalue weighted by atomic mass is 10.1. The molecule has 4 nitrogen and oxygen atoms in total. The van der Waals surface area contributed by atoms with E-state index in [2.05, 4.69) is 10.8 Å². The summed E-state index contributed by atoms with van der Waals surface area (Å²) in [6, 6.07) is 22.9. The lowest BCUT2D eigenvalue weighted by Gasteiger charge is -2.12. The van der Waals surface area contributed by atoms with Gasteiger partial charge in [-0.25, -0.2) is 4.79 Å². The van der Waals surface area contributed by atoms with E-state index in [-0.39, 0.29) is 11.3 Å². The molecule has 0 heterocycles. The van der Waals surface area contributed by atoms with Gasteiger partial charge in [0, 0.05) is 21.4 Å². The van der Waals surface area contributed by atoms with E-state index >= 15 is 0 Å². The number of phenols is 1. The summed E-state index contributed by atoms with van der Waals surface area (Å²) in [5, 5.41) is 23.2. The maximum absolute atomic E-state index is 11.4. The highest BCUT2D eigenvalue weighted by atomic mass is 32.2. The fourth-order valence-corrected chi connectivity index (χ4v) is 3.76. The highest BCUT2D eigenvalue weighted by Gasteiger charge is 2.16. The number of fused-ring (bicyclic) bond motifs is 2. The van der Waals surface area contributed by atoms with Crippen LogP contribution >= 0.6 is 11.9 Å². The number of carboxylic acids is 1. The van der Waals surface area contributed by atoms with Gasteiger partial charge >= 0.3 is 5.97 Å². The highest BCUT2D eigenvalue weighted by molar-refractivity contribution is 8.00. The zero-order valence-electron chi connectivity index (χ0n) is 13.6. The molecular weight excluding hydrogens is 346 g/mol. The highest BCUT2D eigenvalue weighted by Crippen LogP contribution is 2.37. The second kappa shape index (κ2) is 6.61. The van der Waals surface area contributed by atoms with Crippen LogP contribution in [-0.4, -0.2) is 16.2 Å². The number of benzene rings is 4. The zero-order chi connectivity index (χ0) is 18.1. The van der Waals surface area contributed by atoms with Crippen LogP contribution in [0.15, 0.2) is 77.7 Å². The second-order valence-electron chi connectivity index (χ2n) is 5.89. The summed E-state index contributed by atoms with van der Waals surface area (Å²) >= 11 is 1.33. The van der Waals surface area contributed by atoms with Gasteiger partial charge < -0.3 is 14.9 Å². The molecule has 0 fully saturated rings. The summed E-state index contributed by atoms with van der Waals surface area (Å²) in [7, 11) is 0. The molecule has 0 unspecified atom stereocenters. The monoisotopic (exact) mass is 361 g/mol. The summed E-state index contributed by atoms with van der Waals surface area (Å²) in [6.45, 7) is 0. The molecule has 0 aliphatic carbocycles.